The van der Waals surface area contributed by atoms with E-state index in [1.165, 1.54) is 24.8 Å². The number of esters is 1. The largest absolute Gasteiger partial charge is 0.423 e. The summed E-state index contributed by atoms with van der Waals surface area (Å²) in [6.07, 6.45) is 4.40. The number of carbonyl (C=O) groups is 1. The maximum Gasteiger partial charge on any atom is 0.343 e. The molecule has 2 atom stereocenters. The topological polar surface area (TPSA) is 73.2 Å². The molecular weight excluding hydrogens is 488 g/mol. The van der Waals surface area contributed by atoms with Gasteiger partial charge in [-0.1, -0.05) is 61.0 Å². The lowest BCUT2D eigenvalue weighted by Crippen LogP contribution is -2.47. The molecule has 2 fully saturated rings. The van der Waals surface area contributed by atoms with Crippen LogP contribution < -0.4 is 4.74 Å². The van der Waals surface area contributed by atoms with E-state index in [1.807, 2.05) is 73.7 Å². The van der Waals surface area contributed by atoms with Crippen molar-refractivity contribution in [2.75, 3.05) is 26.2 Å². The van der Waals surface area contributed by atoms with E-state index < -0.39 is 11.7 Å². The van der Waals surface area contributed by atoms with E-state index in [0.717, 1.165) is 30.8 Å². The first-order valence-electron chi connectivity index (χ1n) is 14.2. The lowest BCUT2D eigenvalue weighted by molar-refractivity contribution is -0.0501. The quantitative estimate of drug-likeness (QED) is 0.306. The normalized spacial score (nSPS) is 19.8. The molecular formula is C33H40N2O4. The molecule has 2 saturated heterocycles. The Labute approximate surface area is 231 Å². The Kier molecular flexibility index (Phi) is 8.78. The molecule has 0 amide bonds. The Bertz CT molecular complexity index is 1200. The number of carbonyl (C=O) groups excluding carboxylic acids is 1. The summed E-state index contributed by atoms with van der Waals surface area (Å²) in [5.41, 5.74) is 2.64. The van der Waals surface area contributed by atoms with Gasteiger partial charge in [-0.15, -0.1) is 0 Å². The van der Waals surface area contributed by atoms with Gasteiger partial charge in [-0.2, -0.15) is 0 Å². The maximum atomic E-state index is 12.7. The maximum absolute atomic E-state index is 12.7. The average molecular weight is 529 g/mol. The van der Waals surface area contributed by atoms with E-state index in [0.29, 0.717) is 37.2 Å². The number of aliphatic hydroxyl groups excluding tert-OH is 1. The number of hydrogen-bond acceptors (Lipinski definition) is 6. The molecule has 6 nitrogen and oxygen atoms in total. The monoisotopic (exact) mass is 528 g/mol. The number of rotatable bonds is 8. The summed E-state index contributed by atoms with van der Waals surface area (Å²) in [5, 5.41) is 22.2. The van der Waals surface area contributed by atoms with Crippen molar-refractivity contribution in [3.8, 4) is 5.75 Å². The Morgan fingerprint density at radius 2 is 1.51 bits per heavy atom. The molecule has 6 heteroatoms. The number of likely N-dealkylation sites (tertiary alicyclic amines) is 2. The van der Waals surface area contributed by atoms with Crippen molar-refractivity contribution in [1.29, 1.82) is 0 Å². The predicted octanol–water partition coefficient (Wildman–Crippen LogP) is 5.30. The molecule has 0 aromatic heterocycles. The molecule has 2 unspecified atom stereocenters. The van der Waals surface area contributed by atoms with Crippen molar-refractivity contribution >= 4 is 5.97 Å². The zero-order valence-electron chi connectivity index (χ0n) is 22.8. The smallest absolute Gasteiger partial charge is 0.343 e. The van der Waals surface area contributed by atoms with Crippen LogP contribution in [-0.4, -0.2) is 58.2 Å². The van der Waals surface area contributed by atoms with Crippen LogP contribution in [-0.2, 0) is 12.1 Å². The highest BCUT2D eigenvalue weighted by molar-refractivity contribution is 5.91. The summed E-state index contributed by atoms with van der Waals surface area (Å²) in [6, 6.07) is 24.5. The molecule has 2 N–H and O–H groups in total. The van der Waals surface area contributed by atoms with E-state index in [-0.39, 0.29) is 12.0 Å². The highest BCUT2D eigenvalue weighted by Gasteiger charge is 2.36. The molecule has 2 aliphatic heterocycles. The summed E-state index contributed by atoms with van der Waals surface area (Å²) in [4.78, 5) is 17.4. The standard InChI is InChI=1S/C33H40N2O4/c1-25(35-22-18-33(38,19-23-35)29-8-4-2-5-9-29)31(36)27-14-16-30(17-15-27)39-32(37)28-12-10-26(11-13-28)24-34-20-6-3-7-21-34/h2,4-5,8-17,25,31,36,38H,3,6-7,18-24H2,1H3. The third-order valence-electron chi connectivity index (χ3n) is 8.45. The van der Waals surface area contributed by atoms with Crippen molar-refractivity contribution in [2.24, 2.45) is 0 Å². The molecule has 0 spiro atoms. The number of nitrogens with zero attached hydrogens (tertiary/aromatic N) is 2. The molecule has 39 heavy (non-hydrogen) atoms. The third kappa shape index (κ3) is 6.76. The highest BCUT2D eigenvalue weighted by Crippen LogP contribution is 2.35. The van der Waals surface area contributed by atoms with Crippen molar-refractivity contribution < 1.29 is 19.7 Å². The Morgan fingerprint density at radius 3 is 2.15 bits per heavy atom. The number of ether oxygens (including phenoxy) is 1. The Hall–Kier alpha value is -3.03. The van der Waals surface area contributed by atoms with Gasteiger partial charge in [0.15, 0.2) is 0 Å². The van der Waals surface area contributed by atoms with Crippen LogP contribution in [0.4, 0.5) is 0 Å². The van der Waals surface area contributed by atoms with E-state index in [4.69, 9.17) is 4.74 Å². The Morgan fingerprint density at radius 1 is 0.872 bits per heavy atom. The fraction of sp³-hybridized carbons (Fsp3) is 0.424. The van der Waals surface area contributed by atoms with Crippen molar-refractivity contribution in [1.82, 2.24) is 9.80 Å². The van der Waals surface area contributed by atoms with Crippen LogP contribution in [0.2, 0.25) is 0 Å². The van der Waals surface area contributed by atoms with E-state index in [9.17, 15) is 15.0 Å². The first-order chi connectivity index (χ1) is 18.9. The van der Waals surface area contributed by atoms with Gasteiger partial charge in [0.05, 0.1) is 17.3 Å². The first kappa shape index (κ1) is 27.5. The summed E-state index contributed by atoms with van der Waals surface area (Å²) < 4.78 is 5.60. The summed E-state index contributed by atoms with van der Waals surface area (Å²) >= 11 is 0. The van der Waals surface area contributed by atoms with Crippen molar-refractivity contribution in [3.05, 3.63) is 101 Å². The second-order valence-corrected chi connectivity index (χ2v) is 11.1. The molecule has 3 aromatic carbocycles. The van der Waals surface area contributed by atoms with Gasteiger partial charge in [-0.05, 0) is 86.7 Å². The third-order valence-corrected chi connectivity index (χ3v) is 8.45. The van der Waals surface area contributed by atoms with Crippen LogP contribution in [0, 0.1) is 0 Å². The van der Waals surface area contributed by atoms with Gasteiger partial charge in [0.1, 0.15) is 5.75 Å². The molecule has 0 saturated carbocycles. The molecule has 5 rings (SSSR count). The first-order valence-corrected chi connectivity index (χ1v) is 14.2. The van der Waals surface area contributed by atoms with Gasteiger partial charge in [-0.3, -0.25) is 9.80 Å². The van der Waals surface area contributed by atoms with Crippen LogP contribution in [0.15, 0.2) is 78.9 Å². The second-order valence-electron chi connectivity index (χ2n) is 11.1. The summed E-state index contributed by atoms with van der Waals surface area (Å²) in [7, 11) is 0. The van der Waals surface area contributed by atoms with Gasteiger partial charge in [0.25, 0.3) is 0 Å². The number of benzene rings is 3. The predicted molar refractivity (Wildman–Crippen MR) is 153 cm³/mol. The van der Waals surface area contributed by atoms with Crippen molar-refractivity contribution in [3.63, 3.8) is 0 Å². The summed E-state index contributed by atoms with van der Waals surface area (Å²) in [6.45, 7) is 6.63. The lowest BCUT2D eigenvalue weighted by atomic mass is 9.83. The molecule has 2 aliphatic rings. The fourth-order valence-corrected chi connectivity index (χ4v) is 5.84. The minimum atomic E-state index is -0.818. The summed E-state index contributed by atoms with van der Waals surface area (Å²) in [5.74, 6) is 0.0623. The van der Waals surface area contributed by atoms with Crippen molar-refractivity contribution in [2.45, 2.75) is 63.3 Å². The molecule has 2 heterocycles. The number of hydrogen-bond donors (Lipinski definition) is 2. The van der Waals surface area contributed by atoms with Crippen LogP contribution in [0.3, 0.4) is 0 Å². The molecule has 0 aliphatic carbocycles. The highest BCUT2D eigenvalue weighted by atomic mass is 16.5. The molecule has 0 bridgehead atoms. The zero-order chi connectivity index (χ0) is 27.2. The fourth-order valence-electron chi connectivity index (χ4n) is 5.84. The van der Waals surface area contributed by atoms with Gasteiger partial charge in [-0.25, -0.2) is 4.79 Å². The number of piperidine rings is 2. The molecule has 3 aromatic rings. The van der Waals surface area contributed by atoms with Gasteiger partial charge >= 0.3 is 5.97 Å². The van der Waals surface area contributed by atoms with Gasteiger partial charge in [0, 0.05) is 25.7 Å². The second kappa shape index (κ2) is 12.4. The van der Waals surface area contributed by atoms with E-state index in [2.05, 4.69) is 9.80 Å². The van der Waals surface area contributed by atoms with Gasteiger partial charge < -0.3 is 14.9 Å². The Balaban J connectivity index is 1.13. The van der Waals surface area contributed by atoms with E-state index in [1.54, 1.807) is 12.1 Å². The minimum absolute atomic E-state index is 0.109. The lowest BCUT2D eigenvalue weighted by Gasteiger charge is -2.42. The van der Waals surface area contributed by atoms with E-state index >= 15 is 0 Å². The molecule has 206 valence electrons. The number of aliphatic hydroxyl groups is 2. The van der Waals surface area contributed by atoms with Crippen LogP contribution in [0.5, 0.6) is 5.75 Å². The SMILES string of the molecule is CC(C(O)c1ccc(OC(=O)c2ccc(CN3CCCCC3)cc2)cc1)N1CCC(O)(c2ccccc2)CC1. The zero-order valence-corrected chi connectivity index (χ0v) is 22.8. The molecule has 0 radical (unpaired) electrons. The van der Waals surface area contributed by atoms with Crippen LogP contribution >= 0.6 is 0 Å². The van der Waals surface area contributed by atoms with Gasteiger partial charge in [0.2, 0.25) is 0 Å². The van der Waals surface area contributed by atoms with Crippen LogP contribution in [0.1, 0.15) is 72.2 Å². The minimum Gasteiger partial charge on any atom is -0.423 e. The average Bonchev–Trinajstić information content (AvgIpc) is 2.98. The van der Waals surface area contributed by atoms with Crippen LogP contribution in [0.25, 0.3) is 0 Å².